The predicted molar refractivity (Wildman–Crippen MR) is 128 cm³/mol. The zero-order chi connectivity index (χ0) is 22.4. The minimum Gasteiger partial charge on any atom is -0.497 e. The van der Waals surface area contributed by atoms with Gasteiger partial charge in [0, 0.05) is 22.9 Å². The Bertz CT molecular complexity index is 1030. The zero-order valence-electron chi connectivity index (χ0n) is 18.9. The van der Waals surface area contributed by atoms with E-state index in [1.165, 1.54) is 5.56 Å². The van der Waals surface area contributed by atoms with E-state index in [9.17, 15) is 4.79 Å². The maximum atomic E-state index is 13.4. The van der Waals surface area contributed by atoms with Gasteiger partial charge in [0.25, 0.3) is 0 Å². The van der Waals surface area contributed by atoms with Crippen LogP contribution in [0.2, 0.25) is 0 Å². The third-order valence-corrected chi connectivity index (χ3v) is 6.33. The van der Waals surface area contributed by atoms with Gasteiger partial charge in [-0.3, -0.25) is 9.69 Å². The maximum absolute atomic E-state index is 13.4. The molecular weight excluding hydrogens is 408 g/mol. The van der Waals surface area contributed by atoms with Gasteiger partial charge < -0.3 is 9.47 Å². The maximum Gasteiger partial charge on any atom is 0.233 e. The van der Waals surface area contributed by atoms with Gasteiger partial charge in [0.15, 0.2) is 5.13 Å². The van der Waals surface area contributed by atoms with Crippen LogP contribution in [0.5, 0.6) is 11.5 Å². The molecule has 0 aliphatic rings. The minimum absolute atomic E-state index is 0.000243. The van der Waals surface area contributed by atoms with E-state index in [0.717, 1.165) is 35.4 Å². The second kappa shape index (κ2) is 10.4. The largest absolute Gasteiger partial charge is 0.497 e. The van der Waals surface area contributed by atoms with Crippen LogP contribution in [0.4, 0.5) is 10.8 Å². The summed E-state index contributed by atoms with van der Waals surface area (Å²) in [6, 6.07) is 13.8. The summed E-state index contributed by atoms with van der Waals surface area (Å²) in [7, 11) is 3.22. The number of aromatic nitrogens is 1. The summed E-state index contributed by atoms with van der Waals surface area (Å²) >= 11 is 1.55. The molecular formula is C25H30N2O3S. The van der Waals surface area contributed by atoms with E-state index >= 15 is 0 Å². The highest BCUT2D eigenvalue weighted by atomic mass is 32.1. The highest BCUT2D eigenvalue weighted by Gasteiger charge is 2.26. The second-order valence-electron chi connectivity index (χ2n) is 7.36. The quantitative estimate of drug-likeness (QED) is 0.380. The van der Waals surface area contributed by atoms with Crippen molar-refractivity contribution in [3.8, 4) is 22.8 Å². The number of amides is 1. The molecule has 0 aliphatic carbocycles. The van der Waals surface area contributed by atoms with Gasteiger partial charge in [-0.25, -0.2) is 4.98 Å². The van der Waals surface area contributed by atoms with Gasteiger partial charge in [-0.2, -0.15) is 0 Å². The van der Waals surface area contributed by atoms with Crippen molar-refractivity contribution in [1.29, 1.82) is 0 Å². The monoisotopic (exact) mass is 438 g/mol. The molecule has 31 heavy (non-hydrogen) atoms. The van der Waals surface area contributed by atoms with Crippen LogP contribution in [0.1, 0.15) is 43.6 Å². The number of hydrogen-bond donors (Lipinski definition) is 0. The van der Waals surface area contributed by atoms with Crippen molar-refractivity contribution in [3.05, 3.63) is 52.9 Å². The first-order chi connectivity index (χ1) is 15.0. The Kier molecular flexibility index (Phi) is 7.69. The minimum atomic E-state index is 0.000243. The molecule has 0 spiro atoms. The van der Waals surface area contributed by atoms with Crippen molar-refractivity contribution in [2.24, 2.45) is 0 Å². The lowest BCUT2D eigenvalue weighted by Gasteiger charge is -2.23. The van der Waals surface area contributed by atoms with Crippen LogP contribution < -0.4 is 14.4 Å². The number of aryl methyl sites for hydroxylation is 2. The average molecular weight is 439 g/mol. The van der Waals surface area contributed by atoms with Crippen LogP contribution in [0.15, 0.2) is 42.5 Å². The second-order valence-corrected chi connectivity index (χ2v) is 8.42. The number of thiazole rings is 1. The molecule has 3 aromatic rings. The Balaban J connectivity index is 2.15. The first-order valence-electron chi connectivity index (χ1n) is 10.6. The lowest BCUT2D eigenvalue weighted by molar-refractivity contribution is -0.118. The fourth-order valence-electron chi connectivity index (χ4n) is 3.37. The van der Waals surface area contributed by atoms with E-state index in [-0.39, 0.29) is 5.91 Å². The van der Waals surface area contributed by atoms with Gasteiger partial charge in [-0.05, 0) is 31.9 Å². The molecule has 0 radical (unpaired) electrons. The Hall–Kier alpha value is -2.86. The fourth-order valence-corrected chi connectivity index (χ4v) is 4.42. The zero-order valence-corrected chi connectivity index (χ0v) is 19.7. The molecule has 0 N–H and O–H groups in total. The third kappa shape index (κ3) is 5.07. The van der Waals surface area contributed by atoms with Crippen molar-refractivity contribution < 1.29 is 14.3 Å². The molecule has 1 aromatic heterocycles. The van der Waals surface area contributed by atoms with Gasteiger partial charge in [-0.1, -0.05) is 50.1 Å². The Morgan fingerprint density at radius 1 is 1.06 bits per heavy atom. The van der Waals surface area contributed by atoms with Gasteiger partial charge in [0.05, 0.1) is 25.6 Å². The number of carbonyl (C=O) groups is 1. The number of unbranched alkanes of at least 4 members (excludes halogenated alkanes) is 1. The smallest absolute Gasteiger partial charge is 0.233 e. The average Bonchev–Trinajstić information content (AvgIpc) is 3.22. The summed E-state index contributed by atoms with van der Waals surface area (Å²) in [5, 5.41) is 0.653. The van der Waals surface area contributed by atoms with Crippen LogP contribution in [0.3, 0.4) is 0 Å². The number of nitrogens with zero attached hydrogens (tertiary/aromatic N) is 2. The van der Waals surface area contributed by atoms with Crippen LogP contribution in [-0.2, 0) is 11.2 Å². The molecule has 0 atom stereocenters. The number of rotatable bonds is 9. The van der Waals surface area contributed by atoms with Crippen LogP contribution in [0.25, 0.3) is 11.3 Å². The molecule has 0 saturated carbocycles. The summed E-state index contributed by atoms with van der Waals surface area (Å²) < 4.78 is 11.0. The van der Waals surface area contributed by atoms with Crippen molar-refractivity contribution in [2.45, 2.75) is 46.5 Å². The Labute approximate surface area is 188 Å². The molecule has 1 heterocycles. The van der Waals surface area contributed by atoms with E-state index in [2.05, 4.69) is 45.0 Å². The summed E-state index contributed by atoms with van der Waals surface area (Å²) in [6.07, 6.45) is 3.05. The molecule has 0 fully saturated rings. The summed E-state index contributed by atoms with van der Waals surface area (Å²) in [5.41, 5.74) is 3.84. The van der Waals surface area contributed by atoms with E-state index in [0.29, 0.717) is 28.7 Å². The molecule has 0 saturated heterocycles. The summed E-state index contributed by atoms with van der Waals surface area (Å²) in [4.78, 5) is 21.1. The molecule has 0 unspecified atom stereocenters. The predicted octanol–water partition coefficient (Wildman–Crippen LogP) is 6.55. The van der Waals surface area contributed by atoms with Crippen molar-refractivity contribution in [2.75, 3.05) is 19.1 Å². The third-order valence-electron chi connectivity index (χ3n) is 5.14. The van der Waals surface area contributed by atoms with E-state index in [1.54, 1.807) is 30.5 Å². The number of hydrogen-bond acceptors (Lipinski definition) is 5. The normalized spacial score (nSPS) is 10.7. The van der Waals surface area contributed by atoms with E-state index < -0.39 is 0 Å². The van der Waals surface area contributed by atoms with E-state index in [4.69, 9.17) is 14.5 Å². The number of methoxy groups -OCH3 is 2. The number of ether oxygens (including phenoxy) is 2. The lowest BCUT2D eigenvalue weighted by atomic mass is 10.1. The summed E-state index contributed by atoms with van der Waals surface area (Å²) in [5.74, 6) is 1.27. The fraction of sp³-hybridized carbons (Fsp3) is 0.360. The standard InChI is InChI=1S/C25H30N2O3S/c1-6-8-9-23(28)27(20-16-19(29-4)14-15-21(20)30-5)25-26-24(22(7-2)31-25)18-12-10-17(3)11-13-18/h10-16H,6-9H2,1-5H3. The van der Waals surface area contributed by atoms with Crippen molar-refractivity contribution in [3.63, 3.8) is 0 Å². The molecule has 1 amide bonds. The summed E-state index contributed by atoms with van der Waals surface area (Å²) in [6.45, 7) is 6.27. The van der Waals surface area contributed by atoms with Gasteiger partial charge >= 0.3 is 0 Å². The molecule has 5 nitrogen and oxygen atoms in total. The van der Waals surface area contributed by atoms with Crippen LogP contribution in [0, 0.1) is 6.92 Å². The van der Waals surface area contributed by atoms with E-state index in [1.807, 2.05) is 18.2 Å². The first-order valence-corrected chi connectivity index (χ1v) is 11.5. The van der Waals surface area contributed by atoms with Gasteiger partial charge in [0.1, 0.15) is 11.5 Å². The van der Waals surface area contributed by atoms with Gasteiger partial charge in [0.2, 0.25) is 5.91 Å². The molecule has 3 rings (SSSR count). The molecule has 0 bridgehead atoms. The highest BCUT2D eigenvalue weighted by Crippen LogP contribution is 2.41. The number of benzene rings is 2. The van der Waals surface area contributed by atoms with Crippen molar-refractivity contribution in [1.82, 2.24) is 4.98 Å². The van der Waals surface area contributed by atoms with Crippen LogP contribution >= 0.6 is 11.3 Å². The molecule has 164 valence electrons. The number of anilines is 2. The molecule has 0 aliphatic heterocycles. The SMILES string of the molecule is CCCCC(=O)N(c1nc(-c2ccc(C)cc2)c(CC)s1)c1cc(OC)ccc1OC. The number of carbonyl (C=O) groups excluding carboxylic acids is 1. The first kappa shape index (κ1) is 22.8. The Morgan fingerprint density at radius 3 is 2.42 bits per heavy atom. The Morgan fingerprint density at radius 2 is 1.81 bits per heavy atom. The van der Waals surface area contributed by atoms with Crippen LogP contribution in [-0.4, -0.2) is 25.1 Å². The molecule has 6 heteroatoms. The molecule has 2 aromatic carbocycles. The lowest BCUT2D eigenvalue weighted by Crippen LogP contribution is -2.26. The topological polar surface area (TPSA) is 51.7 Å². The van der Waals surface area contributed by atoms with Gasteiger partial charge in [-0.15, -0.1) is 11.3 Å². The van der Waals surface area contributed by atoms with Crippen molar-refractivity contribution >= 4 is 28.1 Å². The highest BCUT2D eigenvalue weighted by molar-refractivity contribution is 7.16.